The molecule has 3 nitrogen and oxygen atoms in total. The molecule has 4 aliphatic carbocycles. The van der Waals surface area contributed by atoms with Crippen LogP contribution in [0.1, 0.15) is 112 Å². The maximum atomic E-state index is 10.8. The van der Waals surface area contributed by atoms with Crippen molar-refractivity contribution in [3.63, 3.8) is 0 Å². The molecule has 0 saturated heterocycles. The van der Waals surface area contributed by atoms with E-state index in [2.05, 4.69) is 27.7 Å². The second kappa shape index (κ2) is 8.83. The summed E-state index contributed by atoms with van der Waals surface area (Å²) in [5.74, 6) is 4.89. The van der Waals surface area contributed by atoms with Crippen LogP contribution in [0.25, 0.3) is 0 Å². The lowest BCUT2D eigenvalue weighted by atomic mass is 9.43. The van der Waals surface area contributed by atoms with Gasteiger partial charge in [0.25, 0.3) is 0 Å². The number of fused-ring (bicyclic) bond motifs is 5. The maximum Gasteiger partial charge on any atom is 0.0641 e. The molecule has 0 radical (unpaired) electrons. The SMILES string of the molecule is COCC[C@@](C)(O)CC[C@@H](C)[C@H]1CC[C@H]2[C@@H]3CC[C@H]4C[C@@](C)(O)CC[C@]4(C)[C@H]3CC[C@]12C. The molecule has 0 bridgehead atoms. The number of hydrogen-bond acceptors (Lipinski definition) is 3. The van der Waals surface area contributed by atoms with E-state index in [1.807, 2.05) is 6.92 Å². The van der Waals surface area contributed by atoms with E-state index in [1.54, 1.807) is 7.11 Å². The lowest BCUT2D eigenvalue weighted by molar-refractivity contribution is -0.148. The predicted octanol–water partition coefficient (Wildman–Crippen LogP) is 6.60. The van der Waals surface area contributed by atoms with E-state index in [-0.39, 0.29) is 0 Å². The van der Waals surface area contributed by atoms with Crippen molar-refractivity contribution >= 4 is 0 Å². The molecule has 32 heavy (non-hydrogen) atoms. The van der Waals surface area contributed by atoms with Crippen LogP contribution in [-0.2, 0) is 4.74 Å². The molecule has 186 valence electrons. The minimum Gasteiger partial charge on any atom is -0.390 e. The van der Waals surface area contributed by atoms with Gasteiger partial charge in [0.15, 0.2) is 0 Å². The Morgan fingerprint density at radius 2 is 1.66 bits per heavy atom. The van der Waals surface area contributed by atoms with Gasteiger partial charge in [0.2, 0.25) is 0 Å². The van der Waals surface area contributed by atoms with Gasteiger partial charge in [-0.25, -0.2) is 0 Å². The Labute approximate surface area is 198 Å². The van der Waals surface area contributed by atoms with Crippen LogP contribution in [0.15, 0.2) is 0 Å². The Morgan fingerprint density at radius 3 is 2.38 bits per heavy atom. The van der Waals surface area contributed by atoms with Gasteiger partial charge < -0.3 is 14.9 Å². The van der Waals surface area contributed by atoms with Gasteiger partial charge in [-0.1, -0.05) is 20.8 Å². The lowest BCUT2D eigenvalue weighted by Gasteiger charge is -2.62. The minimum atomic E-state index is -0.601. The summed E-state index contributed by atoms with van der Waals surface area (Å²) in [7, 11) is 1.72. The zero-order valence-corrected chi connectivity index (χ0v) is 22.0. The Hall–Kier alpha value is -0.120. The van der Waals surface area contributed by atoms with Crippen molar-refractivity contribution in [1.82, 2.24) is 0 Å². The predicted molar refractivity (Wildman–Crippen MR) is 131 cm³/mol. The third kappa shape index (κ3) is 4.44. The van der Waals surface area contributed by atoms with Crippen molar-refractivity contribution in [1.29, 1.82) is 0 Å². The first-order valence-electron chi connectivity index (χ1n) is 13.9. The average molecular weight is 449 g/mol. The average Bonchev–Trinajstić information content (AvgIpc) is 3.08. The first-order valence-corrected chi connectivity index (χ1v) is 13.9. The molecule has 4 aliphatic rings. The van der Waals surface area contributed by atoms with E-state index in [4.69, 9.17) is 4.74 Å². The Balaban J connectivity index is 1.43. The summed E-state index contributed by atoms with van der Waals surface area (Å²) in [6, 6.07) is 0. The fourth-order valence-corrected chi connectivity index (χ4v) is 9.59. The van der Waals surface area contributed by atoms with Crippen molar-refractivity contribution in [3.8, 4) is 0 Å². The van der Waals surface area contributed by atoms with E-state index < -0.39 is 11.2 Å². The van der Waals surface area contributed by atoms with Crippen LogP contribution in [0.3, 0.4) is 0 Å². The molecule has 0 amide bonds. The second-order valence-corrected chi connectivity index (χ2v) is 13.8. The van der Waals surface area contributed by atoms with Gasteiger partial charge in [0, 0.05) is 13.7 Å². The van der Waals surface area contributed by atoms with E-state index in [0.29, 0.717) is 23.4 Å². The Kier molecular flexibility index (Phi) is 6.89. The molecule has 0 heterocycles. The highest BCUT2D eigenvalue weighted by Crippen LogP contribution is 2.68. The van der Waals surface area contributed by atoms with E-state index in [1.165, 1.54) is 44.9 Å². The number of hydrogen-bond donors (Lipinski definition) is 2. The van der Waals surface area contributed by atoms with E-state index in [9.17, 15) is 10.2 Å². The fraction of sp³-hybridized carbons (Fsp3) is 1.00. The summed E-state index contributed by atoms with van der Waals surface area (Å²) in [5, 5.41) is 21.5. The molecule has 4 rings (SSSR count). The molecule has 0 spiro atoms. The fourth-order valence-electron chi connectivity index (χ4n) is 9.59. The van der Waals surface area contributed by atoms with Crippen LogP contribution < -0.4 is 0 Å². The normalized spacial score (nSPS) is 48.9. The van der Waals surface area contributed by atoms with Crippen molar-refractivity contribution < 1.29 is 14.9 Å². The first-order chi connectivity index (χ1) is 14.9. The summed E-state index contributed by atoms with van der Waals surface area (Å²) in [6.45, 7) is 12.4. The van der Waals surface area contributed by atoms with Crippen LogP contribution in [0, 0.1) is 46.3 Å². The molecule has 3 heteroatoms. The van der Waals surface area contributed by atoms with Gasteiger partial charge in [-0.05, 0) is 137 Å². The summed E-state index contributed by atoms with van der Waals surface area (Å²) < 4.78 is 5.20. The molecule has 0 unspecified atom stereocenters. The van der Waals surface area contributed by atoms with Gasteiger partial charge in [0.05, 0.1) is 11.2 Å². The zero-order valence-electron chi connectivity index (χ0n) is 22.0. The molecule has 10 atom stereocenters. The maximum absolute atomic E-state index is 10.8. The van der Waals surface area contributed by atoms with Gasteiger partial charge in [-0.3, -0.25) is 0 Å². The van der Waals surface area contributed by atoms with Crippen molar-refractivity contribution in [2.45, 2.75) is 123 Å². The lowest BCUT2D eigenvalue weighted by Crippen LogP contribution is -2.55. The largest absolute Gasteiger partial charge is 0.390 e. The molecule has 0 aromatic rings. The van der Waals surface area contributed by atoms with Gasteiger partial charge in [-0.2, -0.15) is 0 Å². The quantitative estimate of drug-likeness (QED) is 0.461. The summed E-state index contributed by atoms with van der Waals surface area (Å²) in [5.41, 5.74) is -0.0902. The zero-order chi connectivity index (χ0) is 23.4. The summed E-state index contributed by atoms with van der Waals surface area (Å²) in [4.78, 5) is 0. The van der Waals surface area contributed by atoms with Crippen LogP contribution in [0.4, 0.5) is 0 Å². The standard InChI is InChI=1S/C29H52O3/c1-20(11-13-26(2,30)17-18-32-6)23-9-10-24-22-8-7-21-19-27(3,31)15-16-28(21,4)25(22)12-14-29(23,24)5/h20-25,30-31H,7-19H2,1-6H3/t20-,21+,22+,23-,24+,25+,26+,27+,28+,29-/m1/s1. The molecule has 4 fully saturated rings. The molecule has 0 aromatic heterocycles. The van der Waals surface area contributed by atoms with Crippen molar-refractivity contribution in [2.24, 2.45) is 46.3 Å². The van der Waals surface area contributed by atoms with Crippen LogP contribution in [0.2, 0.25) is 0 Å². The minimum absolute atomic E-state index is 0.432. The van der Waals surface area contributed by atoms with E-state index in [0.717, 1.165) is 61.7 Å². The van der Waals surface area contributed by atoms with Crippen LogP contribution in [-0.4, -0.2) is 35.1 Å². The van der Waals surface area contributed by atoms with Crippen LogP contribution in [0.5, 0.6) is 0 Å². The van der Waals surface area contributed by atoms with Gasteiger partial charge in [0.1, 0.15) is 0 Å². The second-order valence-electron chi connectivity index (χ2n) is 13.8. The Bertz CT molecular complexity index is 657. The number of aliphatic hydroxyl groups is 2. The summed E-state index contributed by atoms with van der Waals surface area (Å²) in [6.07, 6.45) is 14.3. The van der Waals surface area contributed by atoms with Gasteiger partial charge >= 0.3 is 0 Å². The highest BCUT2D eigenvalue weighted by atomic mass is 16.5. The highest BCUT2D eigenvalue weighted by molar-refractivity contribution is 5.10. The molecular formula is C29H52O3. The van der Waals surface area contributed by atoms with E-state index >= 15 is 0 Å². The molecule has 2 N–H and O–H groups in total. The smallest absolute Gasteiger partial charge is 0.0641 e. The molecular weight excluding hydrogens is 396 g/mol. The first kappa shape index (κ1) is 25.0. The Morgan fingerprint density at radius 1 is 0.938 bits per heavy atom. The molecule has 0 aliphatic heterocycles. The van der Waals surface area contributed by atoms with Crippen molar-refractivity contribution in [3.05, 3.63) is 0 Å². The number of ether oxygens (including phenoxy) is 1. The monoisotopic (exact) mass is 448 g/mol. The topological polar surface area (TPSA) is 49.7 Å². The van der Waals surface area contributed by atoms with Crippen LogP contribution >= 0.6 is 0 Å². The third-order valence-corrected chi connectivity index (χ3v) is 11.7. The number of methoxy groups -OCH3 is 1. The molecule has 0 aromatic carbocycles. The third-order valence-electron chi connectivity index (χ3n) is 11.7. The van der Waals surface area contributed by atoms with Gasteiger partial charge in [-0.15, -0.1) is 0 Å². The highest BCUT2D eigenvalue weighted by Gasteiger charge is 2.61. The number of rotatable bonds is 7. The summed E-state index contributed by atoms with van der Waals surface area (Å²) >= 11 is 0. The van der Waals surface area contributed by atoms with Crippen molar-refractivity contribution in [2.75, 3.05) is 13.7 Å². The molecule has 4 saturated carbocycles.